The van der Waals surface area contributed by atoms with Gasteiger partial charge in [-0.1, -0.05) is 12.8 Å². The zero-order valence-corrected chi connectivity index (χ0v) is 13.4. The average molecular weight is 281 g/mol. The molecule has 116 valence electrons. The molecule has 20 heavy (non-hydrogen) atoms. The van der Waals surface area contributed by atoms with Crippen molar-refractivity contribution in [3.05, 3.63) is 0 Å². The van der Waals surface area contributed by atoms with Gasteiger partial charge in [0.15, 0.2) is 0 Å². The van der Waals surface area contributed by atoms with Crippen molar-refractivity contribution in [3.8, 4) is 0 Å². The maximum atomic E-state index is 12.0. The summed E-state index contributed by atoms with van der Waals surface area (Å²) in [7, 11) is 2.18. The second-order valence-corrected chi connectivity index (χ2v) is 6.74. The van der Waals surface area contributed by atoms with Gasteiger partial charge in [0.1, 0.15) is 0 Å². The van der Waals surface area contributed by atoms with Crippen molar-refractivity contribution in [2.45, 2.75) is 64.6 Å². The van der Waals surface area contributed by atoms with Gasteiger partial charge < -0.3 is 9.80 Å². The van der Waals surface area contributed by atoms with Gasteiger partial charge in [-0.2, -0.15) is 0 Å². The number of rotatable bonds is 7. The summed E-state index contributed by atoms with van der Waals surface area (Å²) in [5.41, 5.74) is 0. The number of hydrogen-bond donors (Lipinski definition) is 1. The highest BCUT2D eigenvalue weighted by atomic mass is 16.2. The highest BCUT2D eigenvalue weighted by molar-refractivity contribution is 5.80. The first-order valence-corrected chi connectivity index (χ1v) is 8.32. The van der Waals surface area contributed by atoms with E-state index in [2.05, 4.69) is 36.0 Å². The Kier molecular flexibility index (Phi) is 5.85. The van der Waals surface area contributed by atoms with E-state index >= 15 is 0 Å². The van der Waals surface area contributed by atoms with Crippen LogP contribution in [0.25, 0.3) is 0 Å². The molecule has 0 radical (unpaired) electrons. The van der Waals surface area contributed by atoms with Crippen molar-refractivity contribution in [2.75, 3.05) is 26.7 Å². The molecule has 1 aliphatic carbocycles. The smallest absolute Gasteiger partial charge is 0.237 e. The molecule has 1 heterocycles. The third-order valence-electron chi connectivity index (χ3n) is 5.01. The Morgan fingerprint density at radius 2 is 2.00 bits per heavy atom. The Hall–Kier alpha value is -0.610. The first-order chi connectivity index (χ1) is 9.59. The second kappa shape index (κ2) is 7.41. The second-order valence-electron chi connectivity index (χ2n) is 6.74. The van der Waals surface area contributed by atoms with Crippen LogP contribution in [0.15, 0.2) is 0 Å². The van der Waals surface area contributed by atoms with Crippen LogP contribution in [0.3, 0.4) is 0 Å². The SMILES string of the molecule is CC(C)N(C)CCCCN1C(=O)CNC1C1CCCC1. The minimum atomic E-state index is 0.305. The number of hydrogen-bond acceptors (Lipinski definition) is 3. The quantitative estimate of drug-likeness (QED) is 0.726. The van der Waals surface area contributed by atoms with Crippen molar-refractivity contribution in [3.63, 3.8) is 0 Å². The average Bonchev–Trinajstić information content (AvgIpc) is 3.04. The van der Waals surface area contributed by atoms with Crippen LogP contribution in [-0.2, 0) is 4.79 Å². The molecule has 1 saturated heterocycles. The molecule has 1 atom stereocenters. The summed E-state index contributed by atoms with van der Waals surface area (Å²) < 4.78 is 0. The van der Waals surface area contributed by atoms with Gasteiger partial charge in [0.05, 0.1) is 12.7 Å². The third-order valence-corrected chi connectivity index (χ3v) is 5.01. The van der Waals surface area contributed by atoms with Crippen LogP contribution >= 0.6 is 0 Å². The summed E-state index contributed by atoms with van der Waals surface area (Å²) in [5, 5.41) is 3.43. The van der Waals surface area contributed by atoms with Crippen molar-refractivity contribution in [1.82, 2.24) is 15.1 Å². The monoisotopic (exact) mass is 281 g/mol. The molecule has 0 aromatic heterocycles. The summed E-state index contributed by atoms with van der Waals surface area (Å²) in [6.07, 6.45) is 7.88. The molecule has 2 aliphatic rings. The van der Waals surface area contributed by atoms with Crippen molar-refractivity contribution in [1.29, 1.82) is 0 Å². The lowest BCUT2D eigenvalue weighted by Gasteiger charge is -2.29. The van der Waals surface area contributed by atoms with Gasteiger partial charge in [-0.25, -0.2) is 0 Å². The molecule has 0 bridgehead atoms. The predicted octanol–water partition coefficient (Wildman–Crippen LogP) is 2.05. The summed E-state index contributed by atoms with van der Waals surface area (Å²) in [4.78, 5) is 16.5. The Morgan fingerprint density at radius 1 is 1.30 bits per heavy atom. The minimum absolute atomic E-state index is 0.305. The largest absolute Gasteiger partial charge is 0.326 e. The lowest BCUT2D eigenvalue weighted by Crippen LogP contribution is -2.43. The lowest BCUT2D eigenvalue weighted by molar-refractivity contribution is -0.128. The van der Waals surface area contributed by atoms with Crippen LogP contribution in [0.5, 0.6) is 0 Å². The molecule has 1 aliphatic heterocycles. The summed E-state index contributed by atoms with van der Waals surface area (Å²) in [6.45, 7) is 7.06. The van der Waals surface area contributed by atoms with Crippen LogP contribution in [-0.4, -0.2) is 54.6 Å². The fraction of sp³-hybridized carbons (Fsp3) is 0.938. The molecule has 1 unspecified atom stereocenters. The van der Waals surface area contributed by atoms with Gasteiger partial charge in [0.2, 0.25) is 5.91 Å². The molecule has 1 amide bonds. The lowest BCUT2D eigenvalue weighted by atomic mass is 10.0. The van der Waals surface area contributed by atoms with Gasteiger partial charge in [0.25, 0.3) is 0 Å². The van der Waals surface area contributed by atoms with E-state index in [0.717, 1.165) is 19.5 Å². The standard InChI is InChI=1S/C16H31N3O/c1-13(2)18(3)10-6-7-11-19-15(20)12-17-16(19)14-8-4-5-9-14/h13-14,16-17H,4-12H2,1-3H3. The number of amides is 1. The molecule has 0 aromatic rings. The van der Waals surface area contributed by atoms with Crippen LogP contribution in [0.2, 0.25) is 0 Å². The number of nitrogens with one attached hydrogen (secondary N) is 1. The Morgan fingerprint density at radius 3 is 2.65 bits per heavy atom. The molecule has 0 aromatic carbocycles. The molecule has 2 fully saturated rings. The number of unbranched alkanes of at least 4 members (excludes halogenated alkanes) is 1. The van der Waals surface area contributed by atoms with E-state index in [1.54, 1.807) is 0 Å². The van der Waals surface area contributed by atoms with E-state index < -0.39 is 0 Å². The predicted molar refractivity (Wildman–Crippen MR) is 82.5 cm³/mol. The summed E-state index contributed by atoms with van der Waals surface area (Å²) in [6, 6.07) is 0.608. The topological polar surface area (TPSA) is 35.6 Å². The minimum Gasteiger partial charge on any atom is -0.326 e. The van der Waals surface area contributed by atoms with Gasteiger partial charge in [-0.05, 0) is 59.0 Å². The van der Waals surface area contributed by atoms with E-state index in [4.69, 9.17) is 0 Å². The number of carbonyl (C=O) groups excluding carboxylic acids is 1. The van der Waals surface area contributed by atoms with Gasteiger partial charge >= 0.3 is 0 Å². The molecular formula is C16H31N3O. The molecule has 2 rings (SSSR count). The van der Waals surface area contributed by atoms with E-state index in [9.17, 15) is 4.79 Å². The third kappa shape index (κ3) is 3.95. The number of nitrogens with zero attached hydrogens (tertiary/aromatic N) is 2. The zero-order valence-electron chi connectivity index (χ0n) is 13.4. The number of carbonyl (C=O) groups is 1. The molecule has 0 spiro atoms. The van der Waals surface area contributed by atoms with E-state index in [1.165, 1.54) is 32.1 Å². The Labute approximate surface area is 123 Å². The Balaban J connectivity index is 1.73. The van der Waals surface area contributed by atoms with Gasteiger partial charge in [0, 0.05) is 12.6 Å². The van der Waals surface area contributed by atoms with Crippen molar-refractivity contribution < 1.29 is 4.79 Å². The fourth-order valence-electron chi connectivity index (χ4n) is 3.42. The van der Waals surface area contributed by atoms with E-state index in [1.807, 2.05) is 0 Å². The molecular weight excluding hydrogens is 250 g/mol. The first-order valence-electron chi connectivity index (χ1n) is 8.32. The maximum absolute atomic E-state index is 12.0. The first kappa shape index (κ1) is 15.8. The summed E-state index contributed by atoms with van der Waals surface area (Å²) in [5.74, 6) is 0.999. The van der Waals surface area contributed by atoms with Gasteiger partial charge in [-0.3, -0.25) is 10.1 Å². The van der Waals surface area contributed by atoms with E-state index in [0.29, 0.717) is 30.6 Å². The zero-order chi connectivity index (χ0) is 14.5. The fourth-order valence-corrected chi connectivity index (χ4v) is 3.42. The van der Waals surface area contributed by atoms with Crippen LogP contribution < -0.4 is 5.32 Å². The van der Waals surface area contributed by atoms with Crippen molar-refractivity contribution in [2.24, 2.45) is 5.92 Å². The van der Waals surface area contributed by atoms with Crippen LogP contribution in [0.4, 0.5) is 0 Å². The Bertz CT molecular complexity index is 313. The molecule has 4 nitrogen and oxygen atoms in total. The maximum Gasteiger partial charge on any atom is 0.237 e. The normalized spacial score (nSPS) is 24.6. The molecule has 1 N–H and O–H groups in total. The highest BCUT2D eigenvalue weighted by Crippen LogP contribution is 2.30. The van der Waals surface area contributed by atoms with Crippen molar-refractivity contribution >= 4 is 5.91 Å². The van der Waals surface area contributed by atoms with Gasteiger partial charge in [-0.15, -0.1) is 0 Å². The summed E-state index contributed by atoms with van der Waals surface area (Å²) >= 11 is 0. The van der Waals surface area contributed by atoms with Crippen LogP contribution in [0, 0.1) is 5.92 Å². The van der Waals surface area contributed by atoms with Crippen LogP contribution in [0.1, 0.15) is 52.4 Å². The highest BCUT2D eigenvalue weighted by Gasteiger charge is 2.36. The molecule has 4 heteroatoms. The molecule has 1 saturated carbocycles. The van der Waals surface area contributed by atoms with E-state index in [-0.39, 0.29) is 0 Å².